The molecule has 0 aromatic heterocycles. The molecule has 3 aromatic carbocycles. The van der Waals surface area contributed by atoms with Gasteiger partial charge in [-0.25, -0.2) is 12.8 Å². The second kappa shape index (κ2) is 8.05. The van der Waals surface area contributed by atoms with Gasteiger partial charge >= 0.3 is 0 Å². The van der Waals surface area contributed by atoms with Crippen molar-refractivity contribution in [2.24, 2.45) is 0 Å². The molecule has 150 valence electrons. The number of hydrogen-bond acceptors (Lipinski definition) is 3. The fourth-order valence-corrected chi connectivity index (χ4v) is 3.95. The van der Waals surface area contributed by atoms with Crippen LogP contribution in [0, 0.1) is 19.7 Å². The molecular formula is C22H21FN2O3S. The van der Waals surface area contributed by atoms with Gasteiger partial charge in [0.05, 0.1) is 10.6 Å². The third-order valence-corrected chi connectivity index (χ3v) is 6.42. The monoisotopic (exact) mass is 412 g/mol. The van der Waals surface area contributed by atoms with Gasteiger partial charge < -0.3 is 5.32 Å². The number of aryl methyl sites for hydroxylation is 2. The van der Waals surface area contributed by atoms with E-state index < -0.39 is 21.7 Å². The average molecular weight is 412 g/mol. The summed E-state index contributed by atoms with van der Waals surface area (Å²) < 4.78 is 40.1. The van der Waals surface area contributed by atoms with E-state index in [2.05, 4.69) is 5.32 Å². The van der Waals surface area contributed by atoms with Gasteiger partial charge in [-0.2, -0.15) is 0 Å². The second-order valence-electron chi connectivity index (χ2n) is 6.75. The smallest absolute Gasteiger partial charge is 0.264 e. The largest absolute Gasteiger partial charge is 0.322 e. The molecule has 0 saturated heterocycles. The highest BCUT2D eigenvalue weighted by Crippen LogP contribution is 2.23. The number of anilines is 2. The average Bonchev–Trinajstić information content (AvgIpc) is 2.70. The Bertz CT molecular complexity index is 1140. The molecule has 0 spiro atoms. The fraction of sp³-hybridized carbons (Fsp3) is 0.136. The highest BCUT2D eigenvalue weighted by atomic mass is 32.2. The van der Waals surface area contributed by atoms with Crippen LogP contribution in [0.4, 0.5) is 15.8 Å². The van der Waals surface area contributed by atoms with Crippen molar-refractivity contribution in [1.82, 2.24) is 0 Å². The Morgan fingerprint density at radius 2 is 1.55 bits per heavy atom. The van der Waals surface area contributed by atoms with Gasteiger partial charge in [-0.05, 0) is 67.9 Å². The van der Waals surface area contributed by atoms with Crippen LogP contribution in [0.25, 0.3) is 0 Å². The molecule has 0 aliphatic rings. The minimum atomic E-state index is -3.71. The molecule has 0 bridgehead atoms. The summed E-state index contributed by atoms with van der Waals surface area (Å²) in [5.74, 6) is -0.849. The Hall–Kier alpha value is -3.19. The summed E-state index contributed by atoms with van der Waals surface area (Å²) in [6, 6.07) is 16.9. The maximum atomic E-state index is 13.4. The molecule has 5 nitrogen and oxygen atoms in total. The van der Waals surface area contributed by atoms with Crippen LogP contribution < -0.4 is 9.62 Å². The maximum absolute atomic E-state index is 13.4. The van der Waals surface area contributed by atoms with Gasteiger partial charge in [-0.1, -0.05) is 23.8 Å². The van der Waals surface area contributed by atoms with Crippen LogP contribution in [-0.4, -0.2) is 21.4 Å². The summed E-state index contributed by atoms with van der Waals surface area (Å²) in [5.41, 5.74) is 2.84. The van der Waals surface area contributed by atoms with Crippen molar-refractivity contribution in [1.29, 1.82) is 0 Å². The molecule has 0 aliphatic heterocycles. The van der Waals surface area contributed by atoms with Crippen molar-refractivity contribution in [2.45, 2.75) is 18.7 Å². The predicted octanol–water partition coefficient (Wildman–Crippen LogP) is 4.52. The topological polar surface area (TPSA) is 66.5 Å². The first-order valence-electron chi connectivity index (χ1n) is 8.91. The van der Waals surface area contributed by atoms with E-state index in [4.69, 9.17) is 0 Å². The van der Waals surface area contributed by atoms with E-state index in [9.17, 15) is 17.6 Å². The molecule has 7 heteroatoms. The minimum absolute atomic E-state index is 0.189. The Labute approximate surface area is 169 Å². The highest BCUT2D eigenvalue weighted by Gasteiger charge is 2.21. The number of carbonyl (C=O) groups excluding carboxylic acids is 1. The minimum Gasteiger partial charge on any atom is -0.322 e. The lowest BCUT2D eigenvalue weighted by atomic mass is 10.1. The molecule has 0 heterocycles. The number of carbonyl (C=O) groups is 1. The molecule has 1 amide bonds. The number of hydrogen-bond donors (Lipinski definition) is 1. The SMILES string of the molecule is Cc1ccc(S(=O)(=O)N(C)c2ccc(C(=O)Nc3cc(F)ccc3C)cc2)cc1. The van der Waals surface area contributed by atoms with Gasteiger partial charge in [0.1, 0.15) is 5.82 Å². The normalized spacial score (nSPS) is 11.2. The molecule has 1 N–H and O–H groups in total. The van der Waals surface area contributed by atoms with E-state index in [0.717, 1.165) is 15.4 Å². The van der Waals surface area contributed by atoms with Crippen LogP contribution in [0.2, 0.25) is 0 Å². The van der Waals surface area contributed by atoms with E-state index in [1.807, 2.05) is 6.92 Å². The molecule has 0 atom stereocenters. The van der Waals surface area contributed by atoms with Crippen molar-refractivity contribution in [3.63, 3.8) is 0 Å². The number of amides is 1. The summed E-state index contributed by atoms with van der Waals surface area (Å²) in [5, 5.41) is 2.67. The van der Waals surface area contributed by atoms with Crippen LogP contribution in [0.3, 0.4) is 0 Å². The summed E-state index contributed by atoms with van der Waals surface area (Å²) in [6.45, 7) is 3.65. The summed E-state index contributed by atoms with van der Waals surface area (Å²) in [7, 11) is -2.25. The molecule has 0 aliphatic carbocycles. The summed E-state index contributed by atoms with van der Waals surface area (Å²) in [6.07, 6.45) is 0. The van der Waals surface area contributed by atoms with Crippen molar-refractivity contribution in [2.75, 3.05) is 16.7 Å². The van der Waals surface area contributed by atoms with Gasteiger partial charge in [0.2, 0.25) is 0 Å². The lowest BCUT2D eigenvalue weighted by Crippen LogP contribution is -2.26. The summed E-state index contributed by atoms with van der Waals surface area (Å²) in [4.78, 5) is 12.6. The molecule has 3 rings (SSSR count). The van der Waals surface area contributed by atoms with Gasteiger partial charge in [0.25, 0.3) is 15.9 Å². The quantitative estimate of drug-likeness (QED) is 0.670. The first kappa shape index (κ1) is 20.5. The van der Waals surface area contributed by atoms with Gasteiger partial charge in [0, 0.05) is 18.3 Å². The van der Waals surface area contributed by atoms with E-state index in [1.54, 1.807) is 49.4 Å². The predicted molar refractivity (Wildman–Crippen MR) is 112 cm³/mol. The summed E-state index contributed by atoms with van der Waals surface area (Å²) >= 11 is 0. The third kappa shape index (κ3) is 4.46. The lowest BCUT2D eigenvalue weighted by Gasteiger charge is -2.20. The first-order valence-corrected chi connectivity index (χ1v) is 10.4. The second-order valence-corrected chi connectivity index (χ2v) is 8.72. The standard InChI is InChI=1S/C22H21FN2O3S/c1-15-4-12-20(13-5-15)29(27,28)25(3)19-10-7-17(8-11-19)22(26)24-21-14-18(23)9-6-16(21)2/h4-14H,1-3H3,(H,24,26). The zero-order chi connectivity index (χ0) is 21.2. The zero-order valence-electron chi connectivity index (χ0n) is 16.3. The van der Waals surface area contributed by atoms with Crippen LogP contribution in [0.5, 0.6) is 0 Å². The Morgan fingerprint density at radius 3 is 2.17 bits per heavy atom. The molecule has 3 aromatic rings. The lowest BCUT2D eigenvalue weighted by molar-refractivity contribution is 0.102. The number of nitrogens with zero attached hydrogens (tertiary/aromatic N) is 1. The number of halogens is 1. The van der Waals surface area contributed by atoms with E-state index in [0.29, 0.717) is 16.9 Å². The molecule has 0 saturated carbocycles. The van der Waals surface area contributed by atoms with Gasteiger partial charge in [-0.3, -0.25) is 9.10 Å². The number of rotatable bonds is 5. The zero-order valence-corrected chi connectivity index (χ0v) is 17.1. The third-order valence-electron chi connectivity index (χ3n) is 4.62. The van der Waals surface area contributed by atoms with E-state index in [-0.39, 0.29) is 4.90 Å². The molecule has 0 radical (unpaired) electrons. The number of nitrogens with one attached hydrogen (secondary N) is 1. The van der Waals surface area contributed by atoms with Crippen LogP contribution in [0.15, 0.2) is 71.6 Å². The van der Waals surface area contributed by atoms with Crippen LogP contribution in [0.1, 0.15) is 21.5 Å². The first-order chi connectivity index (χ1) is 13.7. The molecular weight excluding hydrogens is 391 g/mol. The Morgan fingerprint density at radius 1 is 0.931 bits per heavy atom. The van der Waals surface area contributed by atoms with Crippen LogP contribution in [-0.2, 0) is 10.0 Å². The number of benzene rings is 3. The van der Waals surface area contributed by atoms with Crippen LogP contribution >= 0.6 is 0 Å². The van der Waals surface area contributed by atoms with E-state index in [1.165, 1.54) is 31.3 Å². The van der Waals surface area contributed by atoms with Gasteiger partial charge in [0.15, 0.2) is 0 Å². The Balaban J connectivity index is 1.79. The highest BCUT2D eigenvalue weighted by molar-refractivity contribution is 7.92. The van der Waals surface area contributed by atoms with E-state index >= 15 is 0 Å². The molecule has 0 fully saturated rings. The number of sulfonamides is 1. The Kier molecular flexibility index (Phi) is 5.70. The van der Waals surface area contributed by atoms with Crippen molar-refractivity contribution in [3.8, 4) is 0 Å². The van der Waals surface area contributed by atoms with Crippen molar-refractivity contribution in [3.05, 3.63) is 89.2 Å². The van der Waals surface area contributed by atoms with Gasteiger partial charge in [-0.15, -0.1) is 0 Å². The maximum Gasteiger partial charge on any atom is 0.264 e. The van der Waals surface area contributed by atoms with Crippen molar-refractivity contribution < 1.29 is 17.6 Å². The fourth-order valence-electron chi connectivity index (χ4n) is 2.75. The molecule has 0 unspecified atom stereocenters. The molecule has 29 heavy (non-hydrogen) atoms. The van der Waals surface area contributed by atoms with Crippen molar-refractivity contribution >= 4 is 27.3 Å².